The molecule has 222 valence electrons. The molecule has 4 aromatic rings. The van der Waals surface area contributed by atoms with Crippen molar-refractivity contribution in [1.82, 2.24) is 9.55 Å². The van der Waals surface area contributed by atoms with Crippen LogP contribution >= 0.6 is 11.6 Å². The third kappa shape index (κ3) is 5.14. The molecule has 1 fully saturated rings. The van der Waals surface area contributed by atoms with Gasteiger partial charge in [-0.25, -0.2) is 23.9 Å². The fraction of sp³-hybridized carbons (Fsp3) is 0.161. The van der Waals surface area contributed by atoms with E-state index in [1.165, 1.54) is 36.4 Å². The smallest absolute Gasteiger partial charge is 0.338 e. The molecule has 1 saturated heterocycles. The molecule has 2 aliphatic rings. The fourth-order valence-corrected chi connectivity index (χ4v) is 5.19. The molecule has 2 aliphatic heterocycles. The summed E-state index contributed by atoms with van der Waals surface area (Å²) in [7, 11) is 0. The van der Waals surface area contributed by atoms with Gasteiger partial charge in [0.1, 0.15) is 12.7 Å². The minimum absolute atomic E-state index is 0.0581. The van der Waals surface area contributed by atoms with Crippen molar-refractivity contribution >= 4 is 46.4 Å². The molecule has 0 saturated carbocycles. The van der Waals surface area contributed by atoms with Crippen LogP contribution < -0.4 is 4.90 Å². The Morgan fingerprint density at radius 2 is 1.39 bits per heavy atom. The Morgan fingerprint density at radius 3 is 1.95 bits per heavy atom. The number of nitrogens with zero attached hydrogens (tertiary/aromatic N) is 3. The number of imidazole rings is 1. The van der Waals surface area contributed by atoms with Gasteiger partial charge in [-0.15, -0.1) is 0 Å². The topological polar surface area (TPSA) is 134 Å². The number of alkyl halides is 1. The van der Waals surface area contributed by atoms with Crippen molar-refractivity contribution in [2.24, 2.45) is 0 Å². The number of rotatable bonds is 8. The largest absolute Gasteiger partial charge is 0.459 e. The summed E-state index contributed by atoms with van der Waals surface area (Å²) in [5.41, 5.74) is -0.0313. The quantitative estimate of drug-likeness (QED) is 0.160. The molecule has 2 amide bonds. The molecule has 3 heterocycles. The second kappa shape index (κ2) is 11.8. The molecule has 0 aliphatic carbocycles. The highest BCUT2D eigenvalue weighted by atomic mass is 35.5. The minimum atomic E-state index is -2.15. The maximum Gasteiger partial charge on any atom is 0.338 e. The summed E-state index contributed by atoms with van der Waals surface area (Å²) in [6, 6.07) is 21.8. The molecule has 44 heavy (non-hydrogen) atoms. The van der Waals surface area contributed by atoms with E-state index in [0.717, 1.165) is 10.9 Å². The van der Waals surface area contributed by atoms with E-state index in [4.69, 9.17) is 25.8 Å². The van der Waals surface area contributed by atoms with Gasteiger partial charge in [0.05, 0.1) is 28.6 Å². The molecular weight excluding hydrogens is 597 g/mol. The van der Waals surface area contributed by atoms with E-state index in [1.54, 1.807) is 48.5 Å². The molecular formula is C31H21ClFN3O8. The lowest BCUT2D eigenvalue weighted by molar-refractivity contribution is -0.0575. The Balaban J connectivity index is 1.34. The first-order valence-corrected chi connectivity index (χ1v) is 13.7. The van der Waals surface area contributed by atoms with Gasteiger partial charge in [-0.3, -0.25) is 19.0 Å². The number of aromatic nitrogens is 2. The van der Waals surface area contributed by atoms with Gasteiger partial charge in [0.15, 0.2) is 30.0 Å². The number of hydrogen-bond acceptors (Lipinski definition) is 9. The number of esters is 2. The van der Waals surface area contributed by atoms with Gasteiger partial charge in [0.2, 0.25) is 0 Å². The number of halogens is 2. The highest BCUT2D eigenvalue weighted by Crippen LogP contribution is 2.40. The first kappa shape index (κ1) is 28.9. The van der Waals surface area contributed by atoms with Crippen LogP contribution in [0.4, 0.5) is 10.2 Å². The summed E-state index contributed by atoms with van der Waals surface area (Å²) >= 11 is 5.76. The summed E-state index contributed by atoms with van der Waals surface area (Å²) in [5, 5.41) is -1.12. The van der Waals surface area contributed by atoms with Crippen LogP contribution in [0.15, 0.2) is 91.3 Å². The lowest BCUT2D eigenvalue weighted by Gasteiger charge is -2.22. The average Bonchev–Trinajstić information content (AvgIpc) is 3.68. The van der Waals surface area contributed by atoms with Gasteiger partial charge in [-0.1, -0.05) is 48.5 Å². The molecule has 6 rings (SSSR count). The van der Waals surface area contributed by atoms with Gasteiger partial charge in [0, 0.05) is 0 Å². The van der Waals surface area contributed by atoms with Crippen molar-refractivity contribution in [1.29, 1.82) is 0 Å². The predicted molar refractivity (Wildman–Crippen MR) is 151 cm³/mol. The van der Waals surface area contributed by atoms with Crippen molar-refractivity contribution in [3.63, 3.8) is 0 Å². The normalized spacial score (nSPS) is 20.8. The van der Waals surface area contributed by atoms with Gasteiger partial charge < -0.3 is 14.2 Å². The van der Waals surface area contributed by atoms with Crippen LogP contribution in [0.25, 0.3) is 0 Å². The summed E-state index contributed by atoms with van der Waals surface area (Å²) in [6.45, 7) is -0.532. The zero-order valence-corrected chi connectivity index (χ0v) is 23.3. The second-order valence-electron chi connectivity index (χ2n) is 9.80. The molecule has 11 nitrogen and oxygen atoms in total. The highest BCUT2D eigenvalue weighted by Gasteiger charge is 2.51. The van der Waals surface area contributed by atoms with Crippen LogP contribution in [0.5, 0.6) is 0 Å². The van der Waals surface area contributed by atoms with Crippen LogP contribution in [-0.4, -0.2) is 63.5 Å². The van der Waals surface area contributed by atoms with Crippen LogP contribution in [-0.2, 0) is 14.2 Å². The molecule has 0 N–H and O–H groups in total. The Hall–Kier alpha value is -5.20. The van der Waals surface area contributed by atoms with Gasteiger partial charge in [-0.05, 0) is 48.0 Å². The molecule has 13 heteroatoms. The number of carbonyl (C=O) groups excluding carboxylic acids is 5. The van der Waals surface area contributed by atoms with Crippen molar-refractivity contribution in [2.45, 2.75) is 24.6 Å². The average molecular weight is 618 g/mol. The molecule has 4 atom stereocenters. The van der Waals surface area contributed by atoms with E-state index >= 15 is 4.39 Å². The first-order valence-electron chi connectivity index (χ1n) is 13.3. The summed E-state index contributed by atoms with van der Waals surface area (Å²) < 4.78 is 34.1. The number of fused-ring (bicyclic) bond motifs is 1. The van der Waals surface area contributed by atoms with Gasteiger partial charge in [-0.2, -0.15) is 0 Å². The predicted octanol–water partition coefficient (Wildman–Crippen LogP) is 4.38. The number of hydrogen-bond donors (Lipinski definition) is 0. The van der Waals surface area contributed by atoms with Crippen LogP contribution in [0.3, 0.4) is 0 Å². The maximum absolute atomic E-state index is 16.3. The van der Waals surface area contributed by atoms with Crippen molar-refractivity contribution in [3.05, 3.63) is 119 Å². The van der Waals surface area contributed by atoms with Crippen molar-refractivity contribution < 1.29 is 42.6 Å². The van der Waals surface area contributed by atoms with E-state index in [1.807, 2.05) is 0 Å². The first-order chi connectivity index (χ1) is 21.3. The zero-order valence-electron chi connectivity index (χ0n) is 22.5. The van der Waals surface area contributed by atoms with E-state index in [0.29, 0.717) is 4.90 Å². The molecule has 1 aromatic heterocycles. The van der Waals surface area contributed by atoms with Crippen LogP contribution in [0.1, 0.15) is 58.1 Å². The standard InChI is InChI=1S/C31H21ClFN3O8/c32-25(37)23-26(36-27(38)19-13-7-8-14-20(19)28(36)39)35(16-34-23)29-22(33)24(44-31(41)18-11-5-2-6-12-18)21(43-29)15-42-30(40)17-9-3-1-4-10-17/h1-14,16,21-22,24,29H,15H2/t21-,22-,24-,29-/m1/s1. The number of carbonyl (C=O) groups is 5. The monoisotopic (exact) mass is 617 g/mol. The second-order valence-corrected chi connectivity index (χ2v) is 10.1. The third-order valence-corrected chi connectivity index (χ3v) is 7.32. The fourth-order valence-electron chi connectivity index (χ4n) is 5.06. The lowest BCUT2D eigenvalue weighted by atomic mass is 10.1. The van der Waals surface area contributed by atoms with Crippen molar-refractivity contribution in [2.75, 3.05) is 11.5 Å². The molecule has 3 aromatic carbocycles. The maximum atomic E-state index is 16.3. The number of amides is 2. The lowest BCUT2D eigenvalue weighted by Crippen LogP contribution is -2.37. The van der Waals surface area contributed by atoms with E-state index in [2.05, 4.69) is 4.98 Å². The Bertz CT molecular complexity index is 1750. The van der Waals surface area contributed by atoms with E-state index in [9.17, 15) is 24.0 Å². The summed E-state index contributed by atoms with van der Waals surface area (Å²) in [4.78, 5) is 69.2. The van der Waals surface area contributed by atoms with Gasteiger partial charge >= 0.3 is 11.9 Å². The molecule has 0 spiro atoms. The van der Waals surface area contributed by atoms with E-state index < -0.39 is 71.7 Å². The number of ether oxygens (including phenoxy) is 3. The Morgan fingerprint density at radius 1 is 0.841 bits per heavy atom. The van der Waals surface area contributed by atoms with E-state index in [-0.39, 0.29) is 22.3 Å². The Labute approximate surface area is 253 Å². The van der Waals surface area contributed by atoms with Crippen molar-refractivity contribution in [3.8, 4) is 0 Å². The SMILES string of the molecule is O=C(OC[C@H]1O[C@@H](n2cnc(C(=O)Cl)c2N2C(=O)c3ccccc3C2=O)[C@H](F)[C@@H]1OC(=O)c1ccccc1)c1ccccc1. The molecule has 0 bridgehead atoms. The number of benzene rings is 3. The highest BCUT2D eigenvalue weighted by molar-refractivity contribution is 6.68. The number of imide groups is 1. The van der Waals surface area contributed by atoms with Crippen LogP contribution in [0.2, 0.25) is 0 Å². The summed E-state index contributed by atoms with van der Waals surface area (Å²) in [5.74, 6) is -3.62. The number of anilines is 1. The summed E-state index contributed by atoms with van der Waals surface area (Å²) in [6.07, 6.45) is -5.82. The third-order valence-electron chi connectivity index (χ3n) is 7.14. The van der Waals surface area contributed by atoms with Crippen LogP contribution in [0, 0.1) is 0 Å². The molecule has 0 unspecified atom stereocenters. The zero-order chi connectivity index (χ0) is 31.0. The minimum Gasteiger partial charge on any atom is -0.459 e. The Kier molecular flexibility index (Phi) is 7.77. The molecule has 0 radical (unpaired) electrons. The van der Waals surface area contributed by atoms with Gasteiger partial charge in [0.25, 0.3) is 17.1 Å².